The molecule has 0 saturated heterocycles. The van der Waals surface area contributed by atoms with Crippen LogP contribution in [-0.2, 0) is 15.8 Å². The highest BCUT2D eigenvalue weighted by Crippen LogP contribution is 2.41. The van der Waals surface area contributed by atoms with Gasteiger partial charge in [-0.25, -0.2) is 4.90 Å². The van der Waals surface area contributed by atoms with Gasteiger partial charge in [-0.2, -0.15) is 13.2 Å². The fourth-order valence-electron chi connectivity index (χ4n) is 2.34. The van der Waals surface area contributed by atoms with Crippen molar-refractivity contribution in [2.24, 2.45) is 0 Å². The van der Waals surface area contributed by atoms with Gasteiger partial charge in [0, 0.05) is 12.5 Å². The van der Waals surface area contributed by atoms with Crippen LogP contribution in [0.4, 0.5) is 18.9 Å². The molecule has 20 heavy (non-hydrogen) atoms. The minimum Gasteiger partial charge on any atom is -0.294 e. The Morgan fingerprint density at radius 3 is 2.35 bits per heavy atom. The van der Waals surface area contributed by atoms with Crippen molar-refractivity contribution in [1.29, 1.82) is 0 Å². The summed E-state index contributed by atoms with van der Waals surface area (Å²) in [4.78, 5) is 26.1. The van der Waals surface area contributed by atoms with Crippen LogP contribution in [0.3, 0.4) is 0 Å². The number of benzene rings is 1. The van der Waals surface area contributed by atoms with Crippen molar-refractivity contribution in [1.82, 2.24) is 4.90 Å². The highest BCUT2D eigenvalue weighted by molar-refractivity contribution is 6.20. The van der Waals surface area contributed by atoms with Crippen LogP contribution in [0, 0.1) is 0 Å². The molecule has 2 rings (SSSR count). The first-order chi connectivity index (χ1) is 9.14. The third-order valence-corrected chi connectivity index (χ3v) is 3.18. The molecule has 0 N–H and O–H groups in total. The smallest absolute Gasteiger partial charge is 0.294 e. The van der Waals surface area contributed by atoms with Crippen LogP contribution in [0.25, 0.3) is 0 Å². The number of amides is 2. The Hall–Kier alpha value is -1.89. The summed E-state index contributed by atoms with van der Waals surface area (Å²) in [6.45, 7) is 1.15. The van der Waals surface area contributed by atoms with E-state index in [-0.39, 0.29) is 5.69 Å². The first-order valence-corrected chi connectivity index (χ1v) is 5.86. The molecular formula is C13H13F3N2O2. The summed E-state index contributed by atoms with van der Waals surface area (Å²) in [5, 5.41) is 0. The van der Waals surface area contributed by atoms with E-state index in [9.17, 15) is 22.8 Å². The average Bonchev–Trinajstić information content (AvgIpc) is 2.58. The zero-order valence-electron chi connectivity index (χ0n) is 11.2. The fourth-order valence-corrected chi connectivity index (χ4v) is 2.34. The number of anilines is 1. The number of hydrogen-bond donors (Lipinski definition) is 0. The largest absolute Gasteiger partial charge is 0.416 e. The van der Waals surface area contributed by atoms with E-state index >= 15 is 0 Å². The van der Waals surface area contributed by atoms with Crippen molar-refractivity contribution in [3.63, 3.8) is 0 Å². The first-order valence-electron chi connectivity index (χ1n) is 5.86. The number of hydrogen-bond acceptors (Lipinski definition) is 3. The Morgan fingerprint density at radius 2 is 1.90 bits per heavy atom. The van der Waals surface area contributed by atoms with Crippen molar-refractivity contribution in [3.05, 3.63) is 29.3 Å². The minimum absolute atomic E-state index is 0.0102. The summed E-state index contributed by atoms with van der Waals surface area (Å²) in [6, 6.07) is 2.28. The van der Waals surface area contributed by atoms with E-state index < -0.39 is 29.6 Å². The number of alkyl halides is 3. The van der Waals surface area contributed by atoms with Crippen LogP contribution in [0.2, 0.25) is 0 Å². The van der Waals surface area contributed by atoms with Crippen molar-refractivity contribution in [2.75, 3.05) is 19.0 Å². The Morgan fingerprint density at radius 1 is 1.30 bits per heavy atom. The van der Waals surface area contributed by atoms with Gasteiger partial charge in [-0.3, -0.25) is 14.5 Å². The van der Waals surface area contributed by atoms with Crippen molar-refractivity contribution >= 4 is 17.5 Å². The number of carbonyl (C=O) groups is 2. The van der Waals surface area contributed by atoms with E-state index in [1.165, 1.54) is 6.07 Å². The Labute approximate surface area is 113 Å². The van der Waals surface area contributed by atoms with Crippen LogP contribution < -0.4 is 4.90 Å². The lowest BCUT2D eigenvalue weighted by molar-refractivity contribution is -0.137. The Bertz CT molecular complexity index is 581. The predicted molar refractivity (Wildman–Crippen MR) is 66.0 cm³/mol. The molecule has 2 amide bonds. The molecule has 0 bridgehead atoms. The number of imide groups is 1. The molecule has 0 fully saturated rings. The van der Waals surface area contributed by atoms with Gasteiger partial charge in [-0.15, -0.1) is 0 Å². The van der Waals surface area contributed by atoms with Gasteiger partial charge in [0.25, 0.3) is 5.91 Å². The van der Waals surface area contributed by atoms with E-state index in [2.05, 4.69) is 0 Å². The molecular weight excluding hydrogens is 273 g/mol. The van der Waals surface area contributed by atoms with E-state index in [1.54, 1.807) is 19.0 Å². The lowest BCUT2D eigenvalue weighted by Gasteiger charge is -2.18. The molecule has 7 heteroatoms. The summed E-state index contributed by atoms with van der Waals surface area (Å²) >= 11 is 0. The summed E-state index contributed by atoms with van der Waals surface area (Å²) in [7, 11) is 3.27. The van der Waals surface area contributed by atoms with Crippen LogP contribution in [0.1, 0.15) is 24.1 Å². The fraction of sp³-hybridized carbons (Fsp3) is 0.385. The zero-order valence-corrected chi connectivity index (χ0v) is 11.2. The maximum absolute atomic E-state index is 12.7. The minimum atomic E-state index is -4.52. The number of fused-ring (bicyclic) bond motifs is 1. The maximum Gasteiger partial charge on any atom is 0.416 e. The molecule has 1 atom stereocenters. The molecule has 1 aliphatic rings. The second-order valence-corrected chi connectivity index (χ2v) is 4.83. The SMILES string of the molecule is CC(=O)N1C(=O)C(N(C)C)c2ccc(C(F)(F)F)cc21. The van der Waals surface area contributed by atoms with Gasteiger partial charge in [0.1, 0.15) is 6.04 Å². The molecule has 0 aliphatic carbocycles. The summed E-state index contributed by atoms with van der Waals surface area (Å²) in [5.41, 5.74) is -0.464. The Kier molecular flexibility index (Phi) is 3.33. The van der Waals surface area contributed by atoms with Gasteiger partial charge < -0.3 is 0 Å². The van der Waals surface area contributed by atoms with E-state index in [0.717, 1.165) is 24.0 Å². The van der Waals surface area contributed by atoms with Gasteiger partial charge in [0.2, 0.25) is 5.91 Å². The lowest BCUT2D eigenvalue weighted by Crippen LogP contribution is -2.37. The van der Waals surface area contributed by atoms with Crippen molar-refractivity contribution in [3.8, 4) is 0 Å². The van der Waals surface area contributed by atoms with Gasteiger partial charge in [-0.1, -0.05) is 6.07 Å². The summed E-state index contributed by atoms with van der Waals surface area (Å²) in [6.07, 6.45) is -4.52. The second-order valence-electron chi connectivity index (χ2n) is 4.83. The third-order valence-electron chi connectivity index (χ3n) is 3.18. The molecule has 1 aromatic carbocycles. The summed E-state index contributed by atoms with van der Waals surface area (Å²) < 4.78 is 38.2. The number of likely N-dealkylation sites (N-methyl/N-ethyl adjacent to an activating group) is 1. The molecule has 0 spiro atoms. The van der Waals surface area contributed by atoms with E-state index in [1.807, 2.05) is 0 Å². The first kappa shape index (κ1) is 14.5. The van der Waals surface area contributed by atoms with Gasteiger partial charge in [0.15, 0.2) is 0 Å². The normalized spacial score (nSPS) is 18.6. The maximum atomic E-state index is 12.7. The van der Waals surface area contributed by atoms with Gasteiger partial charge >= 0.3 is 6.18 Å². The topological polar surface area (TPSA) is 40.6 Å². The number of nitrogens with zero attached hydrogens (tertiary/aromatic N) is 2. The summed E-state index contributed by atoms with van der Waals surface area (Å²) in [5.74, 6) is -1.13. The number of rotatable bonds is 1. The quantitative estimate of drug-likeness (QED) is 0.794. The number of halogens is 3. The highest BCUT2D eigenvalue weighted by atomic mass is 19.4. The molecule has 4 nitrogen and oxygen atoms in total. The molecule has 1 aliphatic heterocycles. The van der Waals surface area contributed by atoms with Crippen molar-refractivity contribution < 1.29 is 22.8 Å². The molecule has 1 unspecified atom stereocenters. The standard InChI is InChI=1S/C13H13F3N2O2/c1-7(19)18-10-6-8(13(14,15)16)4-5-9(10)11(12(18)20)17(2)3/h4-6,11H,1-3H3. The predicted octanol–water partition coefficient (Wildman–Crippen LogP) is 2.20. The zero-order chi connectivity index (χ0) is 15.2. The van der Waals surface area contributed by atoms with E-state index in [0.29, 0.717) is 5.56 Å². The number of carbonyl (C=O) groups excluding carboxylic acids is 2. The van der Waals surface area contributed by atoms with Crippen LogP contribution >= 0.6 is 0 Å². The molecule has 108 valence electrons. The van der Waals surface area contributed by atoms with Gasteiger partial charge in [0.05, 0.1) is 11.3 Å². The molecule has 0 aromatic heterocycles. The second kappa shape index (κ2) is 4.59. The van der Waals surface area contributed by atoms with E-state index in [4.69, 9.17) is 0 Å². The molecule has 0 saturated carbocycles. The monoisotopic (exact) mass is 286 g/mol. The van der Waals surface area contributed by atoms with Gasteiger partial charge in [-0.05, 0) is 26.2 Å². The molecule has 1 aromatic rings. The third kappa shape index (κ3) is 2.18. The van der Waals surface area contributed by atoms with Crippen LogP contribution in [0.15, 0.2) is 18.2 Å². The average molecular weight is 286 g/mol. The Balaban J connectivity index is 2.62. The molecule has 1 heterocycles. The molecule has 0 radical (unpaired) electrons. The van der Waals surface area contributed by atoms with Crippen LogP contribution in [-0.4, -0.2) is 30.8 Å². The highest BCUT2D eigenvalue weighted by Gasteiger charge is 2.42. The van der Waals surface area contributed by atoms with Crippen molar-refractivity contribution in [2.45, 2.75) is 19.1 Å². The lowest BCUT2D eigenvalue weighted by atomic mass is 10.0. The van der Waals surface area contributed by atoms with Crippen LogP contribution in [0.5, 0.6) is 0 Å².